The number of nitrogens with two attached hydrogens (primary N) is 1. The molecule has 0 heterocycles. The first kappa shape index (κ1) is 13.9. The number of carboxylic acids is 1. The minimum atomic E-state index is -1.32. The van der Waals surface area contributed by atoms with Gasteiger partial charge in [0, 0.05) is 0 Å². The van der Waals surface area contributed by atoms with Crippen molar-refractivity contribution in [3.05, 3.63) is 0 Å². The summed E-state index contributed by atoms with van der Waals surface area (Å²) in [5.74, 6) is -1.94. The van der Waals surface area contributed by atoms with Gasteiger partial charge in [-0.15, -0.1) is 0 Å². The summed E-state index contributed by atoms with van der Waals surface area (Å²) >= 11 is 0. The Balaban J connectivity index is 4.43. The van der Waals surface area contributed by atoms with Crippen molar-refractivity contribution in [2.24, 2.45) is 11.7 Å². The van der Waals surface area contributed by atoms with Gasteiger partial charge in [-0.1, -0.05) is 13.8 Å². The highest BCUT2D eigenvalue weighted by molar-refractivity contribution is 5.87. The van der Waals surface area contributed by atoms with E-state index in [9.17, 15) is 9.59 Å². The summed E-state index contributed by atoms with van der Waals surface area (Å²) < 4.78 is 0. The maximum atomic E-state index is 11.4. The first-order valence-corrected chi connectivity index (χ1v) is 4.74. The third kappa shape index (κ3) is 4.26. The predicted octanol–water partition coefficient (Wildman–Crippen LogP) is -1.08. The van der Waals surface area contributed by atoms with Crippen LogP contribution in [0.5, 0.6) is 0 Å². The number of aliphatic hydroxyl groups excluding tert-OH is 1. The van der Waals surface area contributed by atoms with Crippen LogP contribution in [0.3, 0.4) is 0 Å². The summed E-state index contributed by atoms with van der Waals surface area (Å²) in [7, 11) is 0. The van der Waals surface area contributed by atoms with Gasteiger partial charge < -0.3 is 21.3 Å². The molecule has 0 fully saturated rings. The number of amides is 1. The third-order valence-electron chi connectivity index (χ3n) is 2.07. The van der Waals surface area contributed by atoms with Gasteiger partial charge in [-0.05, 0) is 12.8 Å². The second kappa shape index (κ2) is 5.67. The minimum Gasteiger partial charge on any atom is -0.480 e. The molecule has 0 aliphatic rings. The van der Waals surface area contributed by atoms with E-state index in [1.54, 1.807) is 13.8 Å². The topological polar surface area (TPSA) is 113 Å². The zero-order chi connectivity index (χ0) is 12.2. The van der Waals surface area contributed by atoms with E-state index in [4.69, 9.17) is 15.9 Å². The predicted molar refractivity (Wildman–Crippen MR) is 54.1 cm³/mol. The second-order valence-electron chi connectivity index (χ2n) is 3.83. The molecule has 6 nitrogen and oxygen atoms in total. The third-order valence-corrected chi connectivity index (χ3v) is 2.07. The van der Waals surface area contributed by atoms with Crippen molar-refractivity contribution < 1.29 is 19.8 Å². The average Bonchev–Trinajstić information content (AvgIpc) is 2.11. The number of carbonyl (C=O) groups excluding carboxylic acids is 1. The van der Waals surface area contributed by atoms with E-state index in [0.29, 0.717) is 0 Å². The van der Waals surface area contributed by atoms with Crippen LogP contribution in [0.15, 0.2) is 0 Å². The number of aliphatic hydroxyl groups is 1. The standard InChI is InChI=1S/C9H18N2O4/c1-4(2)6(10)8(13)11-7(5(3)12)9(14)15/h4-7,12H,10H2,1-3H3,(H,11,13)(H,14,15)/t5-,6+,7-/m1/s1. The Morgan fingerprint density at radius 2 is 1.73 bits per heavy atom. The average molecular weight is 218 g/mol. The van der Waals surface area contributed by atoms with Gasteiger partial charge in [-0.3, -0.25) is 4.79 Å². The van der Waals surface area contributed by atoms with E-state index in [1.807, 2.05) is 0 Å². The second-order valence-corrected chi connectivity index (χ2v) is 3.83. The molecule has 5 N–H and O–H groups in total. The zero-order valence-electron chi connectivity index (χ0n) is 9.10. The molecule has 0 unspecified atom stereocenters. The van der Waals surface area contributed by atoms with Crippen LogP contribution in [0.25, 0.3) is 0 Å². The van der Waals surface area contributed by atoms with Crippen LogP contribution in [-0.4, -0.2) is 40.3 Å². The monoisotopic (exact) mass is 218 g/mol. The number of aliphatic carboxylic acids is 1. The summed E-state index contributed by atoms with van der Waals surface area (Å²) in [6.45, 7) is 4.80. The Hall–Kier alpha value is -1.14. The van der Waals surface area contributed by atoms with E-state index < -0.39 is 30.1 Å². The van der Waals surface area contributed by atoms with Gasteiger partial charge >= 0.3 is 5.97 Å². The largest absolute Gasteiger partial charge is 0.480 e. The smallest absolute Gasteiger partial charge is 0.328 e. The van der Waals surface area contributed by atoms with Crippen molar-refractivity contribution in [1.29, 1.82) is 0 Å². The number of hydrogen-bond donors (Lipinski definition) is 4. The van der Waals surface area contributed by atoms with Crippen LogP contribution in [0, 0.1) is 5.92 Å². The van der Waals surface area contributed by atoms with Crippen LogP contribution in [0.4, 0.5) is 0 Å². The highest BCUT2D eigenvalue weighted by Gasteiger charge is 2.27. The molecule has 0 spiro atoms. The lowest BCUT2D eigenvalue weighted by Gasteiger charge is -2.21. The van der Waals surface area contributed by atoms with Crippen LogP contribution >= 0.6 is 0 Å². The summed E-state index contributed by atoms with van der Waals surface area (Å²) in [6.07, 6.45) is -1.16. The zero-order valence-corrected chi connectivity index (χ0v) is 9.10. The van der Waals surface area contributed by atoms with Crippen molar-refractivity contribution in [3.8, 4) is 0 Å². The molecule has 0 bridgehead atoms. The summed E-state index contributed by atoms with van der Waals surface area (Å²) in [4.78, 5) is 22.0. The van der Waals surface area contributed by atoms with Crippen molar-refractivity contribution in [2.75, 3.05) is 0 Å². The number of hydrogen-bond acceptors (Lipinski definition) is 4. The lowest BCUT2D eigenvalue weighted by Crippen LogP contribution is -2.53. The Bertz CT molecular complexity index is 240. The minimum absolute atomic E-state index is 0.0894. The molecule has 0 aliphatic heterocycles. The summed E-state index contributed by atoms with van der Waals surface area (Å²) in [6, 6.07) is -2.09. The van der Waals surface area contributed by atoms with Gasteiger partial charge in [0.1, 0.15) is 0 Å². The summed E-state index contributed by atoms with van der Waals surface area (Å²) in [5, 5.41) is 20.0. The Kier molecular flexibility index (Phi) is 5.24. The Morgan fingerprint density at radius 1 is 1.27 bits per heavy atom. The van der Waals surface area contributed by atoms with Crippen molar-refractivity contribution in [1.82, 2.24) is 5.32 Å². The Labute approximate surface area is 88.5 Å². The molecule has 0 saturated heterocycles. The van der Waals surface area contributed by atoms with Crippen LogP contribution < -0.4 is 11.1 Å². The SMILES string of the molecule is CC(C)[C@H](N)C(=O)N[C@@H](C(=O)O)[C@@H](C)O. The molecule has 0 aliphatic carbocycles. The lowest BCUT2D eigenvalue weighted by molar-refractivity contribution is -0.145. The molecule has 6 heteroatoms. The highest BCUT2D eigenvalue weighted by atomic mass is 16.4. The fourth-order valence-electron chi connectivity index (χ4n) is 0.941. The van der Waals surface area contributed by atoms with Crippen LogP contribution in [0.1, 0.15) is 20.8 Å². The molecule has 1 amide bonds. The molecule has 88 valence electrons. The van der Waals surface area contributed by atoms with Gasteiger partial charge in [-0.2, -0.15) is 0 Å². The number of carbonyl (C=O) groups is 2. The van der Waals surface area contributed by atoms with Crippen molar-refractivity contribution >= 4 is 11.9 Å². The quantitative estimate of drug-likeness (QED) is 0.469. The van der Waals surface area contributed by atoms with Gasteiger partial charge in [0.25, 0.3) is 0 Å². The molecule has 0 rings (SSSR count). The molecular formula is C9H18N2O4. The van der Waals surface area contributed by atoms with Gasteiger partial charge in [0.2, 0.25) is 5.91 Å². The highest BCUT2D eigenvalue weighted by Crippen LogP contribution is 2.00. The molecule has 0 aromatic rings. The first-order chi connectivity index (χ1) is 6.77. The van der Waals surface area contributed by atoms with E-state index in [0.717, 1.165) is 0 Å². The van der Waals surface area contributed by atoms with Crippen molar-refractivity contribution in [3.63, 3.8) is 0 Å². The molecule has 3 atom stereocenters. The Morgan fingerprint density at radius 3 is 2.00 bits per heavy atom. The van der Waals surface area contributed by atoms with Crippen LogP contribution in [-0.2, 0) is 9.59 Å². The van der Waals surface area contributed by atoms with Gasteiger partial charge in [-0.25, -0.2) is 4.79 Å². The van der Waals surface area contributed by atoms with Gasteiger partial charge in [0.05, 0.1) is 12.1 Å². The summed E-state index contributed by atoms with van der Waals surface area (Å²) in [5.41, 5.74) is 5.52. The number of rotatable bonds is 5. The first-order valence-electron chi connectivity index (χ1n) is 4.74. The molecular weight excluding hydrogens is 200 g/mol. The van der Waals surface area contributed by atoms with E-state index in [1.165, 1.54) is 6.92 Å². The van der Waals surface area contributed by atoms with Gasteiger partial charge in [0.15, 0.2) is 6.04 Å². The van der Waals surface area contributed by atoms with Crippen LogP contribution in [0.2, 0.25) is 0 Å². The molecule has 0 saturated carbocycles. The molecule has 0 aromatic heterocycles. The van der Waals surface area contributed by atoms with E-state index >= 15 is 0 Å². The molecule has 0 aromatic carbocycles. The lowest BCUT2D eigenvalue weighted by atomic mass is 10.0. The fourth-order valence-corrected chi connectivity index (χ4v) is 0.941. The normalized spacial score (nSPS) is 16.9. The fraction of sp³-hybridized carbons (Fsp3) is 0.778. The molecule has 15 heavy (non-hydrogen) atoms. The molecule has 0 radical (unpaired) electrons. The van der Waals surface area contributed by atoms with E-state index in [2.05, 4.69) is 5.32 Å². The number of carboxylic acid groups (broad SMARTS) is 1. The maximum absolute atomic E-state index is 11.4. The number of nitrogens with one attached hydrogen (secondary N) is 1. The van der Waals surface area contributed by atoms with Crippen molar-refractivity contribution in [2.45, 2.75) is 39.0 Å². The van der Waals surface area contributed by atoms with E-state index in [-0.39, 0.29) is 5.92 Å². The maximum Gasteiger partial charge on any atom is 0.328 e.